The van der Waals surface area contributed by atoms with E-state index >= 15 is 0 Å². The minimum atomic E-state index is -0.0753. The van der Waals surface area contributed by atoms with Crippen LogP contribution in [0.5, 0.6) is 0 Å². The predicted molar refractivity (Wildman–Crippen MR) is 44.8 cm³/mol. The van der Waals surface area contributed by atoms with Crippen molar-refractivity contribution in [3.63, 3.8) is 0 Å². The molecule has 0 amide bonds. The summed E-state index contributed by atoms with van der Waals surface area (Å²) in [7, 11) is 0. The molecule has 0 aliphatic carbocycles. The van der Waals surface area contributed by atoms with Crippen LogP contribution in [0.15, 0.2) is 17.1 Å². The molecule has 1 aromatic rings. The van der Waals surface area contributed by atoms with Crippen LogP contribution in [-0.4, -0.2) is 16.5 Å². The standard InChI is InChI=1S/C8H11N3O/c12-7-3-5-10-8(11-7)6-2-1-4-9-6/h3,5-6,9H,1-2,4H2,(H,10,11,12). The molecule has 1 atom stereocenters. The van der Waals surface area contributed by atoms with Crippen LogP contribution in [-0.2, 0) is 0 Å². The van der Waals surface area contributed by atoms with E-state index in [0.29, 0.717) is 0 Å². The number of aromatic nitrogens is 2. The number of hydrogen-bond acceptors (Lipinski definition) is 3. The third-order valence-electron chi connectivity index (χ3n) is 2.08. The minimum absolute atomic E-state index is 0.0753. The van der Waals surface area contributed by atoms with Crippen molar-refractivity contribution in [2.45, 2.75) is 18.9 Å². The summed E-state index contributed by atoms with van der Waals surface area (Å²) in [6.07, 6.45) is 3.77. The van der Waals surface area contributed by atoms with Crippen LogP contribution < -0.4 is 10.9 Å². The lowest BCUT2D eigenvalue weighted by Gasteiger charge is -2.07. The molecule has 64 valence electrons. The number of rotatable bonds is 1. The summed E-state index contributed by atoms with van der Waals surface area (Å²) in [6.45, 7) is 1.02. The van der Waals surface area contributed by atoms with E-state index in [2.05, 4.69) is 15.3 Å². The molecular formula is C8H11N3O. The molecule has 1 aromatic heterocycles. The van der Waals surface area contributed by atoms with Gasteiger partial charge in [0.2, 0.25) is 0 Å². The van der Waals surface area contributed by atoms with Crippen LogP contribution in [0.4, 0.5) is 0 Å². The molecule has 1 aliphatic rings. The van der Waals surface area contributed by atoms with Crippen molar-refractivity contribution in [2.75, 3.05) is 6.54 Å². The van der Waals surface area contributed by atoms with E-state index in [1.807, 2.05) is 0 Å². The summed E-state index contributed by atoms with van der Waals surface area (Å²) >= 11 is 0. The van der Waals surface area contributed by atoms with Gasteiger partial charge in [-0.2, -0.15) is 0 Å². The molecule has 0 bridgehead atoms. The molecule has 1 fully saturated rings. The van der Waals surface area contributed by atoms with Crippen LogP contribution in [0.1, 0.15) is 24.7 Å². The molecule has 1 saturated heterocycles. The average Bonchev–Trinajstić information content (AvgIpc) is 2.56. The summed E-state index contributed by atoms with van der Waals surface area (Å²) in [5.74, 6) is 0.764. The van der Waals surface area contributed by atoms with Gasteiger partial charge >= 0.3 is 0 Å². The maximum atomic E-state index is 10.9. The van der Waals surface area contributed by atoms with Gasteiger partial charge in [-0.05, 0) is 19.4 Å². The smallest absolute Gasteiger partial charge is 0.250 e. The van der Waals surface area contributed by atoms with E-state index < -0.39 is 0 Å². The number of nitrogens with one attached hydrogen (secondary N) is 2. The van der Waals surface area contributed by atoms with E-state index in [-0.39, 0.29) is 11.6 Å². The Kier molecular flexibility index (Phi) is 1.91. The lowest BCUT2D eigenvalue weighted by molar-refractivity contribution is 0.602. The van der Waals surface area contributed by atoms with Gasteiger partial charge in [0, 0.05) is 12.3 Å². The van der Waals surface area contributed by atoms with Crippen molar-refractivity contribution >= 4 is 0 Å². The van der Waals surface area contributed by atoms with E-state index in [1.165, 1.54) is 6.07 Å². The van der Waals surface area contributed by atoms with Crippen LogP contribution in [0.25, 0.3) is 0 Å². The first-order chi connectivity index (χ1) is 5.86. The molecule has 1 aliphatic heterocycles. The molecule has 0 saturated carbocycles. The number of aromatic amines is 1. The number of H-pyrrole nitrogens is 1. The summed E-state index contributed by atoms with van der Waals surface area (Å²) in [5.41, 5.74) is -0.0753. The fraction of sp³-hybridized carbons (Fsp3) is 0.500. The van der Waals surface area contributed by atoms with E-state index in [0.717, 1.165) is 25.2 Å². The highest BCUT2D eigenvalue weighted by molar-refractivity contribution is 4.98. The monoisotopic (exact) mass is 165 g/mol. The summed E-state index contributed by atoms with van der Waals surface area (Å²) in [6, 6.07) is 1.68. The van der Waals surface area contributed by atoms with Crippen LogP contribution in [0.3, 0.4) is 0 Å². The van der Waals surface area contributed by atoms with E-state index in [1.54, 1.807) is 6.20 Å². The molecule has 0 aromatic carbocycles. The third kappa shape index (κ3) is 1.38. The maximum Gasteiger partial charge on any atom is 0.250 e. The van der Waals surface area contributed by atoms with Gasteiger partial charge in [-0.25, -0.2) is 4.98 Å². The molecule has 2 rings (SSSR count). The van der Waals surface area contributed by atoms with Crippen LogP contribution in [0.2, 0.25) is 0 Å². The minimum Gasteiger partial charge on any atom is -0.309 e. The first-order valence-electron chi connectivity index (χ1n) is 4.15. The zero-order chi connectivity index (χ0) is 8.39. The Morgan fingerprint density at radius 2 is 2.50 bits per heavy atom. The van der Waals surface area contributed by atoms with Crippen molar-refractivity contribution in [3.8, 4) is 0 Å². The molecule has 1 unspecified atom stereocenters. The Balaban J connectivity index is 2.27. The van der Waals surface area contributed by atoms with Crippen molar-refractivity contribution in [3.05, 3.63) is 28.4 Å². The Morgan fingerprint density at radius 3 is 3.17 bits per heavy atom. The number of hydrogen-bond donors (Lipinski definition) is 2. The fourth-order valence-electron chi connectivity index (χ4n) is 1.48. The van der Waals surface area contributed by atoms with Crippen molar-refractivity contribution in [1.29, 1.82) is 0 Å². The average molecular weight is 165 g/mol. The molecule has 4 heteroatoms. The first kappa shape index (κ1) is 7.49. The highest BCUT2D eigenvalue weighted by Gasteiger charge is 2.17. The second kappa shape index (κ2) is 3.06. The molecular weight excluding hydrogens is 154 g/mol. The lowest BCUT2D eigenvalue weighted by atomic mass is 10.2. The van der Waals surface area contributed by atoms with Gasteiger partial charge in [0.05, 0.1) is 6.04 Å². The Morgan fingerprint density at radius 1 is 1.58 bits per heavy atom. The maximum absolute atomic E-state index is 10.9. The SMILES string of the molecule is O=c1ccnc(C2CCCN2)[nH]1. The zero-order valence-corrected chi connectivity index (χ0v) is 6.71. The Hall–Kier alpha value is -1.16. The highest BCUT2D eigenvalue weighted by Crippen LogP contribution is 2.17. The van der Waals surface area contributed by atoms with Gasteiger partial charge in [-0.15, -0.1) is 0 Å². The van der Waals surface area contributed by atoms with Crippen molar-refractivity contribution in [1.82, 2.24) is 15.3 Å². The second-order valence-electron chi connectivity index (χ2n) is 2.97. The van der Waals surface area contributed by atoms with Gasteiger partial charge in [-0.3, -0.25) is 4.79 Å². The third-order valence-corrected chi connectivity index (χ3v) is 2.08. The fourth-order valence-corrected chi connectivity index (χ4v) is 1.48. The Bertz CT molecular complexity index is 314. The highest BCUT2D eigenvalue weighted by atomic mass is 16.1. The quantitative estimate of drug-likeness (QED) is 0.624. The molecule has 2 N–H and O–H groups in total. The molecule has 0 spiro atoms. The molecule has 4 nitrogen and oxygen atoms in total. The lowest BCUT2D eigenvalue weighted by Crippen LogP contribution is -2.19. The van der Waals surface area contributed by atoms with E-state index in [9.17, 15) is 4.79 Å². The van der Waals surface area contributed by atoms with Gasteiger partial charge in [0.15, 0.2) is 0 Å². The number of nitrogens with zero attached hydrogens (tertiary/aromatic N) is 1. The van der Waals surface area contributed by atoms with Crippen molar-refractivity contribution in [2.24, 2.45) is 0 Å². The largest absolute Gasteiger partial charge is 0.309 e. The molecule has 0 radical (unpaired) electrons. The first-order valence-corrected chi connectivity index (χ1v) is 4.15. The van der Waals surface area contributed by atoms with E-state index in [4.69, 9.17) is 0 Å². The molecule has 2 heterocycles. The second-order valence-corrected chi connectivity index (χ2v) is 2.97. The zero-order valence-electron chi connectivity index (χ0n) is 6.71. The Labute approximate surface area is 70.0 Å². The normalized spacial score (nSPS) is 22.8. The van der Waals surface area contributed by atoms with Gasteiger partial charge in [-0.1, -0.05) is 0 Å². The van der Waals surface area contributed by atoms with Crippen LogP contribution in [0, 0.1) is 0 Å². The predicted octanol–water partition coefficient (Wildman–Crippen LogP) is 0.194. The summed E-state index contributed by atoms with van der Waals surface area (Å²) in [5, 5.41) is 3.27. The van der Waals surface area contributed by atoms with Gasteiger partial charge in [0.1, 0.15) is 5.82 Å². The van der Waals surface area contributed by atoms with Gasteiger partial charge < -0.3 is 10.3 Å². The summed E-state index contributed by atoms with van der Waals surface area (Å²) < 4.78 is 0. The summed E-state index contributed by atoms with van der Waals surface area (Å²) in [4.78, 5) is 17.7. The van der Waals surface area contributed by atoms with Crippen molar-refractivity contribution < 1.29 is 0 Å². The molecule has 12 heavy (non-hydrogen) atoms. The topological polar surface area (TPSA) is 57.8 Å². The van der Waals surface area contributed by atoms with Crippen LogP contribution >= 0.6 is 0 Å². The van der Waals surface area contributed by atoms with Gasteiger partial charge in [0.25, 0.3) is 5.56 Å².